The Balaban J connectivity index is 0.00000243. The van der Waals surface area contributed by atoms with E-state index in [1.807, 2.05) is 13.0 Å². The molecule has 2 saturated heterocycles. The highest BCUT2D eigenvalue weighted by Crippen LogP contribution is 2.28. The molecule has 0 aliphatic carbocycles. The standard InChI is InChI=1S/C19H29FN4O.3ClH/c1-14(22-19(25)17-5-3-4-8-21-17)16-13-15(20)6-7-18(16)24-11-9-23(2)10-12-24;;;/h6-7,13-14,17,21H,3-5,8-12H2,1-2H3,(H,22,25);3*1H. The Labute approximate surface area is 186 Å². The first-order valence-corrected chi connectivity index (χ1v) is 9.31. The van der Waals surface area contributed by atoms with Crippen LogP contribution < -0.4 is 15.5 Å². The van der Waals surface area contributed by atoms with Crippen molar-refractivity contribution in [2.45, 2.75) is 38.3 Å². The molecule has 2 aliphatic rings. The number of likely N-dealkylation sites (N-methyl/N-ethyl adjacent to an activating group) is 1. The van der Waals surface area contributed by atoms with Gasteiger partial charge in [-0.05, 0) is 51.6 Å². The maximum Gasteiger partial charge on any atom is 0.237 e. The molecule has 5 nitrogen and oxygen atoms in total. The topological polar surface area (TPSA) is 47.6 Å². The smallest absolute Gasteiger partial charge is 0.237 e. The molecule has 2 N–H and O–H groups in total. The first-order valence-electron chi connectivity index (χ1n) is 9.31. The van der Waals surface area contributed by atoms with Gasteiger partial charge in [0.1, 0.15) is 5.82 Å². The number of anilines is 1. The number of piperidine rings is 1. The fourth-order valence-electron chi connectivity index (χ4n) is 3.67. The monoisotopic (exact) mass is 456 g/mol. The summed E-state index contributed by atoms with van der Waals surface area (Å²) in [6.07, 6.45) is 3.07. The lowest BCUT2D eigenvalue weighted by Gasteiger charge is -2.36. The second-order valence-electron chi connectivity index (χ2n) is 7.23. The van der Waals surface area contributed by atoms with Crippen molar-refractivity contribution in [2.75, 3.05) is 44.7 Å². The van der Waals surface area contributed by atoms with Crippen LogP contribution >= 0.6 is 37.2 Å². The number of hydrogen-bond donors (Lipinski definition) is 2. The molecule has 1 aromatic carbocycles. The summed E-state index contributed by atoms with van der Waals surface area (Å²) in [7, 11) is 2.11. The Kier molecular flexibility index (Phi) is 12.3. The number of carbonyl (C=O) groups excluding carboxylic acids is 1. The second kappa shape index (κ2) is 12.7. The lowest BCUT2D eigenvalue weighted by Crippen LogP contribution is -2.47. The van der Waals surface area contributed by atoms with E-state index in [0.717, 1.165) is 63.2 Å². The molecule has 2 unspecified atom stereocenters. The van der Waals surface area contributed by atoms with E-state index >= 15 is 0 Å². The molecule has 9 heteroatoms. The highest BCUT2D eigenvalue weighted by Gasteiger charge is 2.25. The number of hydrogen-bond acceptors (Lipinski definition) is 4. The molecular formula is C19H32Cl3FN4O. The summed E-state index contributed by atoms with van der Waals surface area (Å²) in [6, 6.07) is 4.57. The van der Waals surface area contributed by atoms with Crippen LogP contribution in [0, 0.1) is 5.82 Å². The van der Waals surface area contributed by atoms with Crippen molar-refractivity contribution in [3.05, 3.63) is 29.6 Å². The number of carbonyl (C=O) groups is 1. The molecule has 0 saturated carbocycles. The molecule has 0 aromatic heterocycles. The average molecular weight is 458 g/mol. The molecule has 0 bridgehead atoms. The van der Waals surface area contributed by atoms with E-state index in [1.54, 1.807) is 6.07 Å². The Morgan fingerprint density at radius 2 is 1.86 bits per heavy atom. The molecule has 1 aromatic rings. The summed E-state index contributed by atoms with van der Waals surface area (Å²) >= 11 is 0. The van der Waals surface area contributed by atoms with Gasteiger partial charge in [0.2, 0.25) is 5.91 Å². The van der Waals surface area contributed by atoms with Gasteiger partial charge in [0, 0.05) is 37.4 Å². The lowest BCUT2D eigenvalue weighted by atomic mass is 10.0. The summed E-state index contributed by atoms with van der Waals surface area (Å²) < 4.78 is 13.9. The number of nitrogens with one attached hydrogen (secondary N) is 2. The van der Waals surface area contributed by atoms with Crippen molar-refractivity contribution in [3.8, 4) is 0 Å². The molecule has 162 valence electrons. The van der Waals surface area contributed by atoms with E-state index in [-0.39, 0.29) is 61.0 Å². The number of amides is 1. The van der Waals surface area contributed by atoms with E-state index in [4.69, 9.17) is 0 Å². The molecule has 28 heavy (non-hydrogen) atoms. The minimum atomic E-state index is -0.259. The third-order valence-electron chi connectivity index (χ3n) is 5.29. The van der Waals surface area contributed by atoms with Crippen molar-refractivity contribution in [1.82, 2.24) is 15.5 Å². The van der Waals surface area contributed by atoms with Crippen molar-refractivity contribution in [1.29, 1.82) is 0 Å². The largest absolute Gasteiger partial charge is 0.369 e. The van der Waals surface area contributed by atoms with Crippen LogP contribution in [0.4, 0.5) is 10.1 Å². The minimum Gasteiger partial charge on any atom is -0.369 e. The van der Waals surface area contributed by atoms with Gasteiger partial charge >= 0.3 is 0 Å². The molecule has 0 radical (unpaired) electrons. The molecule has 2 heterocycles. The quantitative estimate of drug-likeness (QED) is 0.729. The molecule has 2 fully saturated rings. The molecule has 0 spiro atoms. The average Bonchev–Trinajstić information content (AvgIpc) is 2.63. The van der Waals surface area contributed by atoms with Crippen LogP contribution in [-0.2, 0) is 4.79 Å². The van der Waals surface area contributed by atoms with E-state index in [0.29, 0.717) is 0 Å². The summed E-state index contributed by atoms with van der Waals surface area (Å²) in [5.41, 5.74) is 1.88. The van der Waals surface area contributed by atoms with E-state index in [1.165, 1.54) is 6.07 Å². The first-order chi connectivity index (χ1) is 12.0. The zero-order valence-corrected chi connectivity index (χ0v) is 18.9. The van der Waals surface area contributed by atoms with Crippen LogP contribution in [0.15, 0.2) is 18.2 Å². The Morgan fingerprint density at radius 3 is 2.46 bits per heavy atom. The highest BCUT2D eigenvalue weighted by molar-refractivity contribution is 5.86. The summed E-state index contributed by atoms with van der Waals surface area (Å²) in [5.74, 6) is -0.245. The third kappa shape index (κ3) is 6.92. The normalized spacial score (nSPS) is 20.8. The van der Waals surface area contributed by atoms with Gasteiger partial charge in [-0.25, -0.2) is 4.39 Å². The van der Waals surface area contributed by atoms with Gasteiger partial charge < -0.3 is 20.4 Å². The minimum absolute atomic E-state index is 0. The van der Waals surface area contributed by atoms with Crippen LogP contribution in [0.5, 0.6) is 0 Å². The van der Waals surface area contributed by atoms with E-state index in [9.17, 15) is 9.18 Å². The second-order valence-corrected chi connectivity index (χ2v) is 7.23. The van der Waals surface area contributed by atoms with Crippen LogP contribution in [0.2, 0.25) is 0 Å². The Hall–Kier alpha value is -0.790. The van der Waals surface area contributed by atoms with Gasteiger partial charge in [-0.15, -0.1) is 37.2 Å². The maximum atomic E-state index is 13.9. The van der Waals surface area contributed by atoms with E-state index < -0.39 is 0 Å². The molecule has 2 aliphatic heterocycles. The Morgan fingerprint density at radius 1 is 1.18 bits per heavy atom. The van der Waals surface area contributed by atoms with Crippen molar-refractivity contribution < 1.29 is 9.18 Å². The summed E-state index contributed by atoms with van der Waals surface area (Å²) in [6.45, 7) is 6.64. The zero-order valence-electron chi connectivity index (χ0n) is 16.4. The number of nitrogens with zero attached hydrogens (tertiary/aromatic N) is 2. The predicted molar refractivity (Wildman–Crippen MR) is 120 cm³/mol. The number of benzene rings is 1. The summed E-state index contributed by atoms with van der Waals surface area (Å²) in [5, 5.41) is 6.34. The molecule has 1 amide bonds. The van der Waals surface area contributed by atoms with Crippen molar-refractivity contribution >= 4 is 48.8 Å². The van der Waals surface area contributed by atoms with Gasteiger partial charge in [0.05, 0.1) is 12.1 Å². The number of rotatable bonds is 4. The van der Waals surface area contributed by atoms with Gasteiger partial charge in [-0.1, -0.05) is 6.42 Å². The van der Waals surface area contributed by atoms with Crippen LogP contribution in [-0.4, -0.2) is 56.6 Å². The number of piperazine rings is 1. The zero-order chi connectivity index (χ0) is 17.8. The van der Waals surface area contributed by atoms with Gasteiger partial charge in [0.25, 0.3) is 0 Å². The fraction of sp³-hybridized carbons (Fsp3) is 0.632. The van der Waals surface area contributed by atoms with Gasteiger partial charge in [0.15, 0.2) is 0 Å². The van der Waals surface area contributed by atoms with Gasteiger partial charge in [-0.2, -0.15) is 0 Å². The molecule has 2 atom stereocenters. The molecule has 3 rings (SSSR count). The summed E-state index contributed by atoms with van der Waals surface area (Å²) in [4.78, 5) is 17.1. The van der Waals surface area contributed by atoms with Gasteiger partial charge in [-0.3, -0.25) is 4.79 Å². The van der Waals surface area contributed by atoms with E-state index in [2.05, 4.69) is 27.5 Å². The van der Waals surface area contributed by atoms with Crippen LogP contribution in [0.3, 0.4) is 0 Å². The highest BCUT2D eigenvalue weighted by atomic mass is 35.5. The SMILES string of the molecule is CC(NC(=O)C1CCCCN1)c1cc(F)ccc1N1CCN(C)CC1.Cl.Cl.Cl. The number of halogens is 4. The van der Waals surface area contributed by atoms with Crippen molar-refractivity contribution in [2.24, 2.45) is 0 Å². The lowest BCUT2D eigenvalue weighted by molar-refractivity contribution is -0.124. The first kappa shape index (κ1) is 27.2. The van der Waals surface area contributed by atoms with Crippen LogP contribution in [0.25, 0.3) is 0 Å². The maximum absolute atomic E-state index is 13.9. The third-order valence-corrected chi connectivity index (χ3v) is 5.29. The predicted octanol–water partition coefficient (Wildman–Crippen LogP) is 3.16. The molecular weight excluding hydrogens is 426 g/mol. The van der Waals surface area contributed by atoms with Crippen LogP contribution in [0.1, 0.15) is 37.8 Å². The van der Waals surface area contributed by atoms with Crippen molar-refractivity contribution in [3.63, 3.8) is 0 Å². The fourth-order valence-corrected chi connectivity index (χ4v) is 3.67. The Bertz CT molecular complexity index is 609.